The van der Waals surface area contributed by atoms with Gasteiger partial charge in [0.15, 0.2) is 0 Å². The molecule has 0 radical (unpaired) electrons. The first kappa shape index (κ1) is 13.8. The van der Waals surface area contributed by atoms with Crippen molar-refractivity contribution in [3.05, 3.63) is 41.5 Å². The molecule has 0 fully saturated rings. The van der Waals surface area contributed by atoms with E-state index in [2.05, 4.69) is 20.8 Å². The van der Waals surface area contributed by atoms with Crippen LogP contribution in [0.3, 0.4) is 0 Å². The normalized spacial score (nSPS) is 11.5. The highest BCUT2D eigenvalue weighted by Gasteiger charge is 2.12. The number of nitrogens with zero attached hydrogens (tertiary/aromatic N) is 2. The van der Waals surface area contributed by atoms with Gasteiger partial charge in [-0.15, -0.1) is 0 Å². The van der Waals surface area contributed by atoms with E-state index < -0.39 is 0 Å². The quantitative estimate of drug-likeness (QED) is 0.761. The zero-order chi connectivity index (χ0) is 13.6. The van der Waals surface area contributed by atoms with E-state index >= 15 is 0 Å². The minimum Gasteiger partial charge on any atom is -0.488 e. The highest BCUT2D eigenvalue weighted by molar-refractivity contribution is 5.33. The van der Waals surface area contributed by atoms with Crippen LogP contribution in [0.15, 0.2) is 35.9 Å². The molecule has 1 rings (SSSR count). The SMILES string of the molecule is CC(C)(C)c1ccc(OC/C(C#N)=C/C#N)cc1. The number of hydrogen-bond donors (Lipinski definition) is 0. The van der Waals surface area contributed by atoms with Gasteiger partial charge < -0.3 is 4.74 Å². The first-order valence-electron chi connectivity index (χ1n) is 5.69. The highest BCUT2D eigenvalue weighted by Crippen LogP contribution is 2.24. The van der Waals surface area contributed by atoms with Crippen LogP contribution in [0.1, 0.15) is 26.3 Å². The van der Waals surface area contributed by atoms with Crippen molar-refractivity contribution in [2.45, 2.75) is 26.2 Å². The molecule has 3 heteroatoms. The molecule has 0 aliphatic rings. The highest BCUT2D eigenvalue weighted by atomic mass is 16.5. The van der Waals surface area contributed by atoms with Crippen LogP contribution in [0.2, 0.25) is 0 Å². The zero-order valence-electron chi connectivity index (χ0n) is 10.9. The molecule has 0 atom stereocenters. The van der Waals surface area contributed by atoms with E-state index in [0.717, 1.165) is 0 Å². The molecule has 0 amide bonds. The van der Waals surface area contributed by atoms with Crippen LogP contribution in [0.4, 0.5) is 0 Å². The third kappa shape index (κ3) is 3.96. The average Bonchev–Trinajstić information content (AvgIpc) is 2.34. The first-order chi connectivity index (χ1) is 8.47. The van der Waals surface area contributed by atoms with E-state index in [-0.39, 0.29) is 12.0 Å². The second-order valence-corrected chi connectivity index (χ2v) is 4.97. The third-order valence-corrected chi connectivity index (χ3v) is 2.50. The average molecular weight is 240 g/mol. The Bertz CT molecular complexity index is 507. The van der Waals surface area contributed by atoms with E-state index in [1.807, 2.05) is 36.4 Å². The van der Waals surface area contributed by atoms with Gasteiger partial charge in [-0.25, -0.2) is 0 Å². The van der Waals surface area contributed by atoms with Crippen LogP contribution in [-0.4, -0.2) is 6.61 Å². The summed E-state index contributed by atoms with van der Waals surface area (Å²) in [7, 11) is 0. The zero-order valence-corrected chi connectivity index (χ0v) is 10.9. The maximum atomic E-state index is 8.74. The van der Waals surface area contributed by atoms with Crippen molar-refractivity contribution in [3.8, 4) is 17.9 Å². The van der Waals surface area contributed by atoms with Crippen molar-refractivity contribution in [2.24, 2.45) is 0 Å². The number of ether oxygens (including phenoxy) is 1. The Morgan fingerprint density at radius 3 is 2.28 bits per heavy atom. The lowest BCUT2D eigenvalue weighted by Crippen LogP contribution is -2.10. The number of allylic oxidation sites excluding steroid dienone is 1. The Hall–Kier alpha value is -2.26. The molecule has 1 aromatic rings. The van der Waals surface area contributed by atoms with Gasteiger partial charge in [-0.3, -0.25) is 0 Å². The lowest BCUT2D eigenvalue weighted by atomic mass is 9.87. The predicted octanol–water partition coefficient (Wildman–Crippen LogP) is 3.34. The van der Waals surface area contributed by atoms with Crippen molar-refractivity contribution in [3.63, 3.8) is 0 Å². The minimum absolute atomic E-state index is 0.108. The molecule has 92 valence electrons. The fourth-order valence-electron chi connectivity index (χ4n) is 1.40. The Kier molecular flexibility index (Phi) is 4.52. The summed E-state index contributed by atoms with van der Waals surface area (Å²) in [6, 6.07) is 11.5. The van der Waals surface area contributed by atoms with Gasteiger partial charge in [0.25, 0.3) is 0 Å². The van der Waals surface area contributed by atoms with E-state index in [1.54, 1.807) is 0 Å². The molecular formula is C15H16N2O. The molecule has 0 saturated heterocycles. The Morgan fingerprint density at radius 1 is 1.22 bits per heavy atom. The van der Waals surface area contributed by atoms with Gasteiger partial charge in [0, 0.05) is 6.08 Å². The van der Waals surface area contributed by atoms with Crippen LogP contribution in [0.25, 0.3) is 0 Å². The van der Waals surface area contributed by atoms with Gasteiger partial charge in [-0.2, -0.15) is 10.5 Å². The molecule has 0 aliphatic carbocycles. The van der Waals surface area contributed by atoms with Crippen LogP contribution in [-0.2, 0) is 5.41 Å². The summed E-state index contributed by atoms with van der Waals surface area (Å²) in [6.07, 6.45) is 1.20. The molecule has 3 nitrogen and oxygen atoms in total. The van der Waals surface area contributed by atoms with Gasteiger partial charge in [-0.1, -0.05) is 32.9 Å². The van der Waals surface area contributed by atoms with Crippen molar-refractivity contribution in [2.75, 3.05) is 6.61 Å². The van der Waals surface area contributed by atoms with Crippen molar-refractivity contribution >= 4 is 0 Å². The molecule has 18 heavy (non-hydrogen) atoms. The van der Waals surface area contributed by atoms with E-state index in [1.165, 1.54) is 11.6 Å². The van der Waals surface area contributed by atoms with Crippen LogP contribution in [0.5, 0.6) is 5.75 Å². The predicted molar refractivity (Wildman–Crippen MR) is 69.9 cm³/mol. The molecule has 0 aliphatic heterocycles. The monoisotopic (exact) mass is 240 g/mol. The first-order valence-corrected chi connectivity index (χ1v) is 5.69. The van der Waals surface area contributed by atoms with Crippen LogP contribution in [0, 0.1) is 22.7 Å². The Labute approximate surface area is 108 Å². The van der Waals surface area contributed by atoms with Gasteiger partial charge in [0.2, 0.25) is 0 Å². The topological polar surface area (TPSA) is 56.8 Å². The minimum atomic E-state index is 0.108. The summed E-state index contributed by atoms with van der Waals surface area (Å²) in [6.45, 7) is 6.56. The number of hydrogen-bond acceptors (Lipinski definition) is 3. The molecule has 0 saturated carbocycles. The number of nitriles is 2. The molecule has 0 heterocycles. The molecular weight excluding hydrogens is 224 g/mol. The van der Waals surface area contributed by atoms with Gasteiger partial charge in [0.05, 0.1) is 17.7 Å². The molecule has 0 bridgehead atoms. The van der Waals surface area contributed by atoms with E-state index in [4.69, 9.17) is 15.3 Å². The molecule has 1 aromatic carbocycles. The summed E-state index contributed by atoms with van der Waals surface area (Å²) in [5.74, 6) is 0.696. The van der Waals surface area contributed by atoms with E-state index in [0.29, 0.717) is 11.3 Å². The van der Waals surface area contributed by atoms with E-state index in [9.17, 15) is 0 Å². The summed E-state index contributed by atoms with van der Waals surface area (Å²) in [4.78, 5) is 0. The fourth-order valence-corrected chi connectivity index (χ4v) is 1.40. The second-order valence-electron chi connectivity index (χ2n) is 4.97. The molecule has 0 N–H and O–H groups in total. The van der Waals surface area contributed by atoms with Crippen molar-refractivity contribution in [1.29, 1.82) is 10.5 Å². The third-order valence-electron chi connectivity index (χ3n) is 2.50. The Morgan fingerprint density at radius 2 is 1.83 bits per heavy atom. The number of rotatable bonds is 3. The lowest BCUT2D eigenvalue weighted by molar-refractivity contribution is 0.356. The lowest BCUT2D eigenvalue weighted by Gasteiger charge is -2.19. The van der Waals surface area contributed by atoms with Gasteiger partial charge in [0.1, 0.15) is 12.4 Å². The van der Waals surface area contributed by atoms with Crippen LogP contribution >= 0.6 is 0 Å². The standard InChI is InChI=1S/C15H16N2O/c1-15(2,3)13-4-6-14(7-5-13)18-11-12(10-17)8-9-16/h4-8H,11H2,1-3H3/b12-8+. The smallest absolute Gasteiger partial charge is 0.124 e. The maximum absolute atomic E-state index is 8.74. The second kappa shape index (κ2) is 5.89. The fraction of sp³-hybridized carbons (Fsp3) is 0.333. The number of benzene rings is 1. The van der Waals surface area contributed by atoms with Crippen LogP contribution < -0.4 is 4.74 Å². The Balaban J connectivity index is 2.69. The van der Waals surface area contributed by atoms with Crippen molar-refractivity contribution in [1.82, 2.24) is 0 Å². The van der Waals surface area contributed by atoms with Crippen molar-refractivity contribution < 1.29 is 4.74 Å². The molecule has 0 unspecified atom stereocenters. The summed E-state index contributed by atoms with van der Waals surface area (Å²) in [5.41, 5.74) is 1.65. The largest absolute Gasteiger partial charge is 0.488 e. The van der Waals surface area contributed by atoms with Gasteiger partial charge in [-0.05, 0) is 23.1 Å². The summed E-state index contributed by atoms with van der Waals surface area (Å²) >= 11 is 0. The summed E-state index contributed by atoms with van der Waals surface area (Å²) < 4.78 is 5.44. The summed E-state index contributed by atoms with van der Waals surface area (Å²) in [5, 5.41) is 17.2. The van der Waals surface area contributed by atoms with Gasteiger partial charge >= 0.3 is 0 Å². The molecule has 0 spiro atoms. The molecule has 0 aromatic heterocycles. The maximum Gasteiger partial charge on any atom is 0.124 e.